The third-order valence-corrected chi connectivity index (χ3v) is 4.84. The molecule has 0 bridgehead atoms. The van der Waals surface area contributed by atoms with Gasteiger partial charge in [0.05, 0.1) is 29.0 Å². The van der Waals surface area contributed by atoms with Crippen LogP contribution in [0.2, 0.25) is 0 Å². The van der Waals surface area contributed by atoms with Crippen molar-refractivity contribution in [2.24, 2.45) is 0 Å². The van der Waals surface area contributed by atoms with E-state index in [2.05, 4.69) is 20.4 Å². The van der Waals surface area contributed by atoms with Crippen molar-refractivity contribution in [3.05, 3.63) is 90.5 Å². The quantitative estimate of drug-likeness (QED) is 0.450. The van der Waals surface area contributed by atoms with E-state index in [1.165, 1.54) is 12.1 Å². The molecular formula is C23H18FN7. The van der Waals surface area contributed by atoms with Gasteiger partial charge < -0.3 is 11.1 Å². The van der Waals surface area contributed by atoms with Crippen molar-refractivity contribution in [1.82, 2.24) is 24.7 Å². The van der Waals surface area contributed by atoms with E-state index >= 15 is 0 Å². The number of nitrogens with one attached hydrogen (secondary N) is 1. The minimum absolute atomic E-state index is 0.329. The van der Waals surface area contributed by atoms with Gasteiger partial charge in [-0.1, -0.05) is 36.4 Å². The highest BCUT2D eigenvalue weighted by Crippen LogP contribution is 2.32. The Labute approximate surface area is 177 Å². The van der Waals surface area contributed by atoms with Gasteiger partial charge in [0.1, 0.15) is 11.6 Å². The van der Waals surface area contributed by atoms with E-state index in [-0.39, 0.29) is 5.82 Å². The third kappa shape index (κ3) is 3.66. The second kappa shape index (κ2) is 7.83. The molecule has 0 unspecified atom stereocenters. The van der Waals surface area contributed by atoms with Gasteiger partial charge >= 0.3 is 0 Å². The Morgan fingerprint density at radius 2 is 1.68 bits per heavy atom. The Morgan fingerprint density at radius 3 is 2.42 bits per heavy atom. The number of hydrogen-bond acceptors (Lipinski definition) is 6. The molecule has 8 heteroatoms. The standard InChI is InChI=1S/C23H18FN7/c24-16-9-11-18(12-10-16)31-21(25)19-20(15-6-2-1-3-7-15)28-23(29-22(19)30-31)27-14-17-8-4-5-13-26-17/h1-13H,14,25H2,(H,27,29,30). The number of pyridine rings is 1. The van der Waals surface area contributed by atoms with Crippen LogP contribution in [-0.4, -0.2) is 24.7 Å². The lowest BCUT2D eigenvalue weighted by molar-refractivity contribution is 0.627. The largest absolute Gasteiger partial charge is 0.383 e. The van der Waals surface area contributed by atoms with Gasteiger partial charge in [-0.15, -0.1) is 5.10 Å². The number of hydrogen-bond donors (Lipinski definition) is 2. The molecule has 0 atom stereocenters. The second-order valence-corrected chi connectivity index (χ2v) is 6.91. The predicted molar refractivity (Wildman–Crippen MR) is 118 cm³/mol. The molecule has 5 rings (SSSR count). The number of rotatable bonds is 5. The van der Waals surface area contributed by atoms with E-state index in [1.54, 1.807) is 23.0 Å². The molecule has 31 heavy (non-hydrogen) atoms. The summed E-state index contributed by atoms with van der Waals surface area (Å²) in [6, 6.07) is 21.4. The molecule has 0 aliphatic heterocycles. The van der Waals surface area contributed by atoms with E-state index in [0.29, 0.717) is 40.7 Å². The van der Waals surface area contributed by atoms with Crippen molar-refractivity contribution in [1.29, 1.82) is 0 Å². The Balaban J connectivity index is 1.64. The Hall–Kier alpha value is -4.33. The molecule has 2 aromatic carbocycles. The van der Waals surface area contributed by atoms with Crippen molar-refractivity contribution in [2.75, 3.05) is 11.1 Å². The van der Waals surface area contributed by atoms with E-state index in [9.17, 15) is 4.39 Å². The molecule has 0 radical (unpaired) electrons. The van der Waals surface area contributed by atoms with Crippen molar-refractivity contribution >= 4 is 22.8 Å². The molecule has 0 fully saturated rings. The van der Waals surface area contributed by atoms with E-state index in [4.69, 9.17) is 10.7 Å². The first-order valence-corrected chi connectivity index (χ1v) is 9.70. The fraction of sp³-hybridized carbons (Fsp3) is 0.0435. The maximum absolute atomic E-state index is 13.4. The summed E-state index contributed by atoms with van der Waals surface area (Å²) in [5.41, 5.74) is 9.96. The van der Waals surface area contributed by atoms with Gasteiger partial charge in [0, 0.05) is 11.8 Å². The van der Waals surface area contributed by atoms with Crippen molar-refractivity contribution < 1.29 is 4.39 Å². The minimum Gasteiger partial charge on any atom is -0.383 e. The molecule has 5 aromatic rings. The van der Waals surface area contributed by atoms with Crippen LogP contribution in [0, 0.1) is 5.82 Å². The van der Waals surface area contributed by atoms with Crippen LogP contribution in [0.5, 0.6) is 0 Å². The molecule has 0 aliphatic carbocycles. The molecule has 3 N–H and O–H groups in total. The van der Waals surface area contributed by atoms with E-state index < -0.39 is 0 Å². The fourth-order valence-electron chi connectivity index (χ4n) is 3.35. The van der Waals surface area contributed by atoms with Gasteiger partial charge in [-0.05, 0) is 36.4 Å². The molecule has 3 heterocycles. The topological polar surface area (TPSA) is 94.5 Å². The molecule has 7 nitrogen and oxygen atoms in total. The van der Waals surface area contributed by atoms with Crippen molar-refractivity contribution in [3.63, 3.8) is 0 Å². The highest BCUT2D eigenvalue weighted by molar-refractivity contribution is 5.99. The Kier molecular flexibility index (Phi) is 4.72. The van der Waals surface area contributed by atoms with Gasteiger partial charge in [-0.2, -0.15) is 4.98 Å². The van der Waals surface area contributed by atoms with Gasteiger partial charge in [0.25, 0.3) is 0 Å². The number of nitrogens with two attached hydrogens (primary N) is 1. The lowest BCUT2D eigenvalue weighted by Crippen LogP contribution is -2.06. The highest BCUT2D eigenvalue weighted by Gasteiger charge is 2.19. The van der Waals surface area contributed by atoms with Gasteiger partial charge in [-0.25, -0.2) is 14.1 Å². The first-order chi connectivity index (χ1) is 15.2. The molecule has 152 valence electrons. The Bertz CT molecular complexity index is 1330. The average Bonchev–Trinajstić information content (AvgIpc) is 3.15. The zero-order valence-corrected chi connectivity index (χ0v) is 16.4. The summed E-state index contributed by atoms with van der Waals surface area (Å²) >= 11 is 0. The number of nitrogen functional groups attached to an aromatic ring is 1. The Morgan fingerprint density at radius 1 is 0.903 bits per heavy atom. The zero-order valence-electron chi connectivity index (χ0n) is 16.4. The molecule has 0 amide bonds. The third-order valence-electron chi connectivity index (χ3n) is 4.84. The molecular weight excluding hydrogens is 393 g/mol. The summed E-state index contributed by atoms with van der Waals surface area (Å²) in [7, 11) is 0. The summed E-state index contributed by atoms with van der Waals surface area (Å²) in [6.07, 6.45) is 1.74. The smallest absolute Gasteiger partial charge is 0.225 e. The number of aromatic nitrogens is 5. The average molecular weight is 411 g/mol. The maximum atomic E-state index is 13.4. The number of benzene rings is 2. The SMILES string of the molecule is Nc1c2c(-c3ccccc3)nc(NCc3ccccn3)nc2nn1-c1ccc(F)cc1. The van der Waals surface area contributed by atoms with Crippen LogP contribution in [0.4, 0.5) is 16.2 Å². The fourth-order valence-corrected chi connectivity index (χ4v) is 3.35. The zero-order chi connectivity index (χ0) is 21.2. The van der Waals surface area contributed by atoms with E-state index in [0.717, 1.165) is 11.3 Å². The van der Waals surface area contributed by atoms with Crippen LogP contribution < -0.4 is 11.1 Å². The van der Waals surface area contributed by atoms with Crippen LogP contribution in [0.1, 0.15) is 5.69 Å². The first kappa shape index (κ1) is 18.7. The van der Waals surface area contributed by atoms with Crippen LogP contribution in [0.3, 0.4) is 0 Å². The second-order valence-electron chi connectivity index (χ2n) is 6.91. The molecule has 0 saturated heterocycles. The summed E-state index contributed by atoms with van der Waals surface area (Å²) in [5.74, 6) is 0.474. The van der Waals surface area contributed by atoms with Crippen LogP contribution >= 0.6 is 0 Å². The molecule has 3 aromatic heterocycles. The lowest BCUT2D eigenvalue weighted by Gasteiger charge is -2.08. The number of anilines is 2. The maximum Gasteiger partial charge on any atom is 0.225 e. The summed E-state index contributed by atoms with van der Waals surface area (Å²) in [4.78, 5) is 13.6. The number of halogens is 1. The molecule has 0 spiro atoms. The molecule has 0 saturated carbocycles. The minimum atomic E-state index is -0.329. The normalized spacial score (nSPS) is 11.0. The monoisotopic (exact) mass is 411 g/mol. The van der Waals surface area contributed by atoms with E-state index in [1.807, 2.05) is 48.5 Å². The number of nitrogens with zero attached hydrogens (tertiary/aromatic N) is 5. The highest BCUT2D eigenvalue weighted by atomic mass is 19.1. The van der Waals surface area contributed by atoms with Gasteiger partial charge in [-0.3, -0.25) is 4.98 Å². The molecule has 0 aliphatic rings. The van der Waals surface area contributed by atoms with Crippen LogP contribution in [-0.2, 0) is 6.54 Å². The van der Waals surface area contributed by atoms with Crippen LogP contribution in [0.15, 0.2) is 79.0 Å². The summed E-state index contributed by atoms with van der Waals surface area (Å²) in [6.45, 7) is 0.467. The lowest BCUT2D eigenvalue weighted by atomic mass is 10.1. The van der Waals surface area contributed by atoms with Crippen molar-refractivity contribution in [2.45, 2.75) is 6.54 Å². The van der Waals surface area contributed by atoms with Crippen LogP contribution in [0.25, 0.3) is 28.0 Å². The van der Waals surface area contributed by atoms with Crippen molar-refractivity contribution in [3.8, 4) is 16.9 Å². The van der Waals surface area contributed by atoms with Gasteiger partial charge in [0.15, 0.2) is 5.65 Å². The number of fused-ring (bicyclic) bond motifs is 1. The van der Waals surface area contributed by atoms with Gasteiger partial charge in [0.2, 0.25) is 5.95 Å². The summed E-state index contributed by atoms with van der Waals surface area (Å²) in [5, 5.41) is 8.43. The predicted octanol–water partition coefficient (Wildman–Crippen LogP) is 4.21. The first-order valence-electron chi connectivity index (χ1n) is 9.70. The summed E-state index contributed by atoms with van der Waals surface area (Å²) < 4.78 is 14.9.